The Morgan fingerprint density at radius 3 is 2.75 bits per heavy atom. The van der Waals surface area contributed by atoms with E-state index in [1.54, 1.807) is 6.92 Å². The van der Waals surface area contributed by atoms with Gasteiger partial charge in [0.1, 0.15) is 5.01 Å². The first-order valence-corrected chi connectivity index (χ1v) is 7.45. The second-order valence-corrected chi connectivity index (χ2v) is 6.13. The zero-order valence-corrected chi connectivity index (χ0v) is 12.1. The van der Waals surface area contributed by atoms with E-state index in [-0.39, 0.29) is 17.9 Å². The fraction of sp³-hybridized carbons (Fsp3) is 0.667. The van der Waals surface area contributed by atoms with E-state index in [4.69, 9.17) is 5.11 Å². The Kier molecular flexibility index (Phi) is 4.89. The second-order valence-electron chi connectivity index (χ2n) is 4.95. The molecule has 1 heterocycles. The largest absolute Gasteiger partial charge is 0.481 e. The first kappa shape index (κ1) is 14.7. The van der Waals surface area contributed by atoms with E-state index in [0.717, 1.165) is 24.3 Å². The van der Waals surface area contributed by atoms with E-state index in [9.17, 15) is 9.59 Å². The molecule has 7 nitrogen and oxygen atoms in total. The summed E-state index contributed by atoms with van der Waals surface area (Å²) in [4.78, 5) is 22.9. The molecule has 1 aliphatic carbocycles. The summed E-state index contributed by atoms with van der Waals surface area (Å²) in [5, 5.41) is 23.3. The Morgan fingerprint density at radius 2 is 2.10 bits per heavy atom. The highest BCUT2D eigenvalue weighted by molar-refractivity contribution is 7.15. The Morgan fingerprint density at radius 1 is 1.35 bits per heavy atom. The molecule has 2 rings (SSSR count). The van der Waals surface area contributed by atoms with E-state index in [0.29, 0.717) is 18.1 Å². The van der Waals surface area contributed by atoms with Gasteiger partial charge in [-0.2, -0.15) is 0 Å². The van der Waals surface area contributed by atoms with Crippen LogP contribution in [0.1, 0.15) is 30.7 Å². The van der Waals surface area contributed by atoms with Crippen molar-refractivity contribution in [2.75, 3.05) is 11.9 Å². The van der Waals surface area contributed by atoms with Gasteiger partial charge >= 0.3 is 12.0 Å². The number of aromatic nitrogens is 2. The molecular formula is C12H18N4O3S. The maximum atomic E-state index is 11.7. The van der Waals surface area contributed by atoms with Gasteiger partial charge in [-0.25, -0.2) is 4.79 Å². The van der Waals surface area contributed by atoms with Crippen LogP contribution < -0.4 is 10.6 Å². The number of hydrogen-bond acceptors (Lipinski definition) is 5. The van der Waals surface area contributed by atoms with Crippen LogP contribution in [0.15, 0.2) is 0 Å². The summed E-state index contributed by atoms with van der Waals surface area (Å²) in [6, 6.07) is -0.365. The van der Waals surface area contributed by atoms with Crippen molar-refractivity contribution >= 4 is 28.5 Å². The molecule has 1 aromatic heterocycles. The molecule has 0 radical (unpaired) electrons. The molecular weight excluding hydrogens is 280 g/mol. The average Bonchev–Trinajstić information content (AvgIpc) is 2.82. The fourth-order valence-corrected chi connectivity index (χ4v) is 3.08. The number of amides is 2. The van der Waals surface area contributed by atoms with E-state index in [1.165, 1.54) is 11.3 Å². The molecule has 0 aromatic carbocycles. The van der Waals surface area contributed by atoms with Gasteiger partial charge in [-0.1, -0.05) is 24.2 Å². The van der Waals surface area contributed by atoms with Gasteiger partial charge in [0.2, 0.25) is 5.13 Å². The van der Waals surface area contributed by atoms with Crippen LogP contribution in [0.3, 0.4) is 0 Å². The number of rotatable bonds is 4. The van der Waals surface area contributed by atoms with E-state index >= 15 is 0 Å². The lowest BCUT2D eigenvalue weighted by atomic mass is 9.79. The number of nitrogens with zero attached hydrogens (tertiary/aromatic N) is 2. The first-order chi connectivity index (χ1) is 9.56. The molecule has 0 aliphatic heterocycles. The molecule has 1 saturated carbocycles. The van der Waals surface area contributed by atoms with Crippen molar-refractivity contribution in [3.8, 4) is 0 Å². The topological polar surface area (TPSA) is 104 Å². The molecule has 0 bridgehead atoms. The van der Waals surface area contributed by atoms with Crippen molar-refractivity contribution in [1.29, 1.82) is 0 Å². The summed E-state index contributed by atoms with van der Waals surface area (Å²) in [7, 11) is 0. The normalized spacial score (nSPS) is 22.2. The zero-order chi connectivity index (χ0) is 14.5. The van der Waals surface area contributed by atoms with Gasteiger partial charge in [-0.05, 0) is 25.7 Å². The Hall–Kier alpha value is -1.70. The Labute approximate surface area is 120 Å². The predicted molar refractivity (Wildman–Crippen MR) is 74.8 cm³/mol. The molecule has 1 aliphatic rings. The molecule has 8 heteroatoms. The number of aryl methyl sites for hydroxylation is 1. The van der Waals surface area contributed by atoms with Gasteiger partial charge in [0.15, 0.2) is 0 Å². The van der Waals surface area contributed by atoms with Crippen LogP contribution in [0.25, 0.3) is 0 Å². The number of urea groups is 1. The molecule has 2 atom stereocenters. The van der Waals surface area contributed by atoms with Crippen molar-refractivity contribution in [3.63, 3.8) is 0 Å². The predicted octanol–water partition coefficient (Wildman–Crippen LogP) is 1.86. The van der Waals surface area contributed by atoms with Crippen molar-refractivity contribution in [1.82, 2.24) is 15.5 Å². The summed E-state index contributed by atoms with van der Waals surface area (Å²) < 4.78 is 0. The van der Waals surface area contributed by atoms with Gasteiger partial charge in [-0.15, -0.1) is 10.2 Å². The summed E-state index contributed by atoms with van der Waals surface area (Å²) in [5.74, 6) is -1.12. The number of aliphatic carboxylic acids is 1. The third-order valence-corrected chi connectivity index (χ3v) is 4.25. The SMILES string of the molecule is Cc1nnc(NC(=O)NCC2CCCCC2C(=O)O)s1. The lowest BCUT2D eigenvalue weighted by Gasteiger charge is -2.28. The van der Waals surface area contributed by atoms with Crippen LogP contribution in [0.4, 0.5) is 9.93 Å². The summed E-state index contributed by atoms with van der Waals surface area (Å²) in [5.41, 5.74) is 0. The number of nitrogens with one attached hydrogen (secondary N) is 2. The van der Waals surface area contributed by atoms with Crippen molar-refractivity contribution in [2.24, 2.45) is 11.8 Å². The quantitative estimate of drug-likeness (QED) is 0.787. The molecule has 1 fully saturated rings. The van der Waals surface area contributed by atoms with Gasteiger partial charge in [0.25, 0.3) is 0 Å². The molecule has 20 heavy (non-hydrogen) atoms. The van der Waals surface area contributed by atoms with Crippen LogP contribution in [-0.2, 0) is 4.79 Å². The first-order valence-electron chi connectivity index (χ1n) is 6.64. The van der Waals surface area contributed by atoms with Crippen LogP contribution in [-0.4, -0.2) is 33.8 Å². The zero-order valence-electron chi connectivity index (χ0n) is 11.3. The third kappa shape index (κ3) is 3.89. The minimum Gasteiger partial charge on any atom is -0.481 e. The highest BCUT2D eigenvalue weighted by Crippen LogP contribution is 2.29. The molecule has 3 N–H and O–H groups in total. The van der Waals surface area contributed by atoms with E-state index in [1.807, 2.05) is 0 Å². The molecule has 1 aromatic rings. The number of anilines is 1. The monoisotopic (exact) mass is 298 g/mol. The number of hydrogen-bond donors (Lipinski definition) is 3. The van der Waals surface area contributed by atoms with Crippen molar-refractivity contribution < 1.29 is 14.7 Å². The van der Waals surface area contributed by atoms with Gasteiger partial charge in [0, 0.05) is 6.54 Å². The van der Waals surface area contributed by atoms with Crippen molar-refractivity contribution in [3.05, 3.63) is 5.01 Å². The van der Waals surface area contributed by atoms with Crippen molar-refractivity contribution in [2.45, 2.75) is 32.6 Å². The highest BCUT2D eigenvalue weighted by atomic mass is 32.1. The smallest absolute Gasteiger partial charge is 0.321 e. The lowest BCUT2D eigenvalue weighted by molar-refractivity contribution is -0.144. The lowest BCUT2D eigenvalue weighted by Crippen LogP contribution is -2.38. The van der Waals surface area contributed by atoms with E-state index in [2.05, 4.69) is 20.8 Å². The molecule has 2 amide bonds. The number of carbonyl (C=O) groups excluding carboxylic acids is 1. The number of carbonyl (C=O) groups is 2. The van der Waals surface area contributed by atoms with E-state index < -0.39 is 5.97 Å². The summed E-state index contributed by atoms with van der Waals surface area (Å²) in [6.07, 6.45) is 3.51. The minimum atomic E-state index is -0.767. The second kappa shape index (κ2) is 6.65. The van der Waals surface area contributed by atoms with Crippen LogP contribution >= 0.6 is 11.3 Å². The number of carboxylic acids is 1. The standard InChI is InChI=1S/C12H18N4O3S/c1-7-15-16-12(20-7)14-11(19)13-6-8-4-2-3-5-9(8)10(17)18/h8-9H,2-6H2,1H3,(H,17,18)(H2,13,14,16,19). The van der Waals surface area contributed by atoms with Crippen LogP contribution in [0.5, 0.6) is 0 Å². The van der Waals surface area contributed by atoms with Gasteiger partial charge in [0.05, 0.1) is 5.92 Å². The maximum absolute atomic E-state index is 11.7. The van der Waals surface area contributed by atoms with Gasteiger partial charge < -0.3 is 10.4 Å². The summed E-state index contributed by atoms with van der Waals surface area (Å²) in [6.45, 7) is 2.18. The third-order valence-electron chi connectivity index (χ3n) is 3.50. The van der Waals surface area contributed by atoms with Crippen LogP contribution in [0.2, 0.25) is 0 Å². The highest BCUT2D eigenvalue weighted by Gasteiger charge is 2.30. The Balaban J connectivity index is 1.81. The fourth-order valence-electron chi connectivity index (χ4n) is 2.49. The average molecular weight is 298 g/mol. The van der Waals surface area contributed by atoms with Crippen LogP contribution in [0, 0.1) is 18.8 Å². The molecule has 0 spiro atoms. The molecule has 110 valence electrons. The summed E-state index contributed by atoms with van der Waals surface area (Å²) >= 11 is 1.29. The molecule has 0 saturated heterocycles. The van der Waals surface area contributed by atoms with Gasteiger partial charge in [-0.3, -0.25) is 10.1 Å². The number of carboxylic acid groups (broad SMARTS) is 1. The Bertz CT molecular complexity index is 491. The minimum absolute atomic E-state index is 0.00292. The molecule has 2 unspecified atom stereocenters. The maximum Gasteiger partial charge on any atom is 0.321 e.